The fourth-order valence-electron chi connectivity index (χ4n) is 1.63. The Bertz CT molecular complexity index is 576. The van der Waals surface area contributed by atoms with Crippen LogP contribution < -0.4 is 4.74 Å². The second-order valence-electron chi connectivity index (χ2n) is 4.82. The molecule has 0 aliphatic rings. The lowest BCUT2D eigenvalue weighted by atomic mass is 10.1. The van der Waals surface area contributed by atoms with Crippen LogP contribution in [0.2, 0.25) is 0 Å². The average Bonchev–Trinajstić information content (AvgIpc) is 2.80. The molecule has 0 saturated carbocycles. The molecule has 2 aromatic rings. The molecule has 102 valence electrons. The minimum atomic E-state index is -0.982. The molecule has 0 aliphatic heterocycles. The van der Waals surface area contributed by atoms with Crippen molar-refractivity contribution < 1.29 is 9.84 Å². The second-order valence-corrected chi connectivity index (χ2v) is 5.67. The summed E-state index contributed by atoms with van der Waals surface area (Å²) in [5.41, 5.74) is 0.599. The lowest BCUT2D eigenvalue weighted by Gasteiger charge is -2.12. The minimum Gasteiger partial charge on any atom is -0.497 e. The first-order valence-electron chi connectivity index (χ1n) is 5.85. The van der Waals surface area contributed by atoms with Crippen molar-refractivity contribution in [3.63, 3.8) is 0 Å². The average molecular weight is 326 g/mol. The molecule has 0 aliphatic carbocycles. The highest BCUT2D eigenvalue weighted by Crippen LogP contribution is 2.23. The van der Waals surface area contributed by atoms with Crippen molar-refractivity contribution in [3.05, 3.63) is 40.1 Å². The number of hydrogen-bond donors (Lipinski definition) is 1. The summed E-state index contributed by atoms with van der Waals surface area (Å²) in [5.74, 6) is 0.793. The number of ether oxygens (including phenoxy) is 1. The monoisotopic (exact) mass is 325 g/mol. The van der Waals surface area contributed by atoms with Crippen molar-refractivity contribution in [1.82, 2.24) is 15.0 Å². The van der Waals surface area contributed by atoms with Gasteiger partial charge < -0.3 is 9.84 Å². The largest absolute Gasteiger partial charge is 0.497 e. The molecule has 0 amide bonds. The summed E-state index contributed by atoms with van der Waals surface area (Å²) >= 11 is 3.50. The van der Waals surface area contributed by atoms with Gasteiger partial charge >= 0.3 is 0 Å². The first-order valence-corrected chi connectivity index (χ1v) is 6.65. The summed E-state index contributed by atoms with van der Waals surface area (Å²) in [4.78, 5) is 0. The maximum absolute atomic E-state index is 9.86. The van der Waals surface area contributed by atoms with E-state index < -0.39 is 5.60 Å². The fourth-order valence-corrected chi connectivity index (χ4v) is 2.00. The topological polar surface area (TPSA) is 60.2 Å². The van der Waals surface area contributed by atoms with Crippen LogP contribution in [0.25, 0.3) is 0 Å². The van der Waals surface area contributed by atoms with E-state index in [1.165, 1.54) is 0 Å². The molecule has 1 N–H and O–H groups in total. The van der Waals surface area contributed by atoms with E-state index in [-0.39, 0.29) is 0 Å². The third-order valence-electron chi connectivity index (χ3n) is 2.75. The van der Waals surface area contributed by atoms with Crippen LogP contribution in [0.5, 0.6) is 5.75 Å². The van der Waals surface area contributed by atoms with Gasteiger partial charge in [-0.1, -0.05) is 21.1 Å². The molecular formula is C13H16BrN3O2. The number of rotatable bonds is 4. The highest BCUT2D eigenvalue weighted by Gasteiger charge is 2.20. The van der Waals surface area contributed by atoms with Crippen LogP contribution in [0.1, 0.15) is 25.1 Å². The van der Waals surface area contributed by atoms with E-state index in [4.69, 9.17) is 4.74 Å². The van der Waals surface area contributed by atoms with E-state index in [2.05, 4.69) is 26.2 Å². The standard InChI is InChI=1S/C13H16BrN3O2/c1-13(2,18)12-8-17(16-15-12)7-9-6-10(19-3)4-5-11(9)14/h4-6,8,18H,7H2,1-3H3. The molecule has 0 saturated heterocycles. The first kappa shape index (κ1) is 14.0. The molecule has 0 bridgehead atoms. The summed E-state index contributed by atoms with van der Waals surface area (Å²) in [6.45, 7) is 3.92. The molecule has 6 heteroatoms. The Morgan fingerprint density at radius 2 is 2.16 bits per heavy atom. The van der Waals surface area contributed by atoms with E-state index in [1.807, 2.05) is 18.2 Å². The van der Waals surface area contributed by atoms with Crippen molar-refractivity contribution >= 4 is 15.9 Å². The number of aromatic nitrogens is 3. The van der Waals surface area contributed by atoms with E-state index >= 15 is 0 Å². The molecule has 1 aromatic heterocycles. The van der Waals surface area contributed by atoms with Gasteiger partial charge in [0, 0.05) is 4.47 Å². The van der Waals surface area contributed by atoms with Crippen LogP contribution in [0.3, 0.4) is 0 Å². The highest BCUT2D eigenvalue weighted by molar-refractivity contribution is 9.10. The van der Waals surface area contributed by atoms with E-state index in [1.54, 1.807) is 31.8 Å². The van der Waals surface area contributed by atoms with Gasteiger partial charge in [0.25, 0.3) is 0 Å². The molecule has 0 unspecified atom stereocenters. The molecule has 5 nitrogen and oxygen atoms in total. The minimum absolute atomic E-state index is 0.548. The Morgan fingerprint density at radius 3 is 2.74 bits per heavy atom. The quantitative estimate of drug-likeness (QED) is 0.937. The van der Waals surface area contributed by atoms with Crippen LogP contribution in [-0.2, 0) is 12.1 Å². The van der Waals surface area contributed by atoms with Crippen LogP contribution in [0.15, 0.2) is 28.9 Å². The van der Waals surface area contributed by atoms with Crippen molar-refractivity contribution in [1.29, 1.82) is 0 Å². The van der Waals surface area contributed by atoms with Gasteiger partial charge in [-0.15, -0.1) is 5.10 Å². The van der Waals surface area contributed by atoms with E-state index in [0.717, 1.165) is 15.8 Å². The lowest BCUT2D eigenvalue weighted by Crippen LogP contribution is -2.15. The van der Waals surface area contributed by atoms with Crippen molar-refractivity contribution in [3.8, 4) is 5.75 Å². The summed E-state index contributed by atoms with van der Waals surface area (Å²) in [5, 5.41) is 17.9. The number of benzene rings is 1. The Labute approximate surface area is 120 Å². The predicted molar refractivity (Wildman–Crippen MR) is 75.1 cm³/mol. The van der Waals surface area contributed by atoms with Crippen LogP contribution >= 0.6 is 15.9 Å². The van der Waals surface area contributed by atoms with Crippen molar-refractivity contribution in [2.75, 3.05) is 7.11 Å². The number of nitrogens with zero attached hydrogens (tertiary/aromatic N) is 3. The summed E-state index contributed by atoms with van der Waals surface area (Å²) in [6.07, 6.45) is 1.74. The Hall–Kier alpha value is -1.40. The number of aliphatic hydroxyl groups is 1. The van der Waals surface area contributed by atoms with E-state index in [9.17, 15) is 5.11 Å². The van der Waals surface area contributed by atoms with Gasteiger partial charge in [-0.05, 0) is 37.6 Å². The summed E-state index contributed by atoms with van der Waals surface area (Å²) in [6, 6.07) is 5.76. The summed E-state index contributed by atoms with van der Waals surface area (Å²) in [7, 11) is 1.63. The van der Waals surface area contributed by atoms with Gasteiger partial charge in [0.05, 0.1) is 19.9 Å². The fraction of sp³-hybridized carbons (Fsp3) is 0.385. The summed E-state index contributed by atoms with van der Waals surface area (Å²) < 4.78 is 7.87. The molecular weight excluding hydrogens is 310 g/mol. The maximum atomic E-state index is 9.86. The Kier molecular flexibility index (Phi) is 3.91. The molecule has 19 heavy (non-hydrogen) atoms. The normalized spacial score (nSPS) is 11.6. The molecule has 0 spiro atoms. The lowest BCUT2D eigenvalue weighted by molar-refractivity contribution is 0.0737. The highest BCUT2D eigenvalue weighted by atomic mass is 79.9. The van der Waals surface area contributed by atoms with Crippen molar-refractivity contribution in [2.24, 2.45) is 0 Å². The van der Waals surface area contributed by atoms with Gasteiger partial charge in [0.15, 0.2) is 0 Å². The van der Waals surface area contributed by atoms with Crippen LogP contribution in [0, 0.1) is 0 Å². The third-order valence-corrected chi connectivity index (χ3v) is 3.52. The molecule has 2 rings (SSSR count). The van der Waals surface area contributed by atoms with Gasteiger partial charge in [-0.25, -0.2) is 4.68 Å². The maximum Gasteiger partial charge on any atom is 0.119 e. The number of hydrogen-bond acceptors (Lipinski definition) is 4. The zero-order chi connectivity index (χ0) is 14.0. The van der Waals surface area contributed by atoms with Gasteiger partial charge in [-0.3, -0.25) is 0 Å². The predicted octanol–water partition coefficient (Wildman–Crippen LogP) is 2.32. The SMILES string of the molecule is COc1ccc(Br)c(Cn2cc(C(C)(C)O)nn2)c1. The van der Waals surface area contributed by atoms with E-state index in [0.29, 0.717) is 12.2 Å². The van der Waals surface area contributed by atoms with Crippen LogP contribution in [0.4, 0.5) is 0 Å². The molecule has 0 radical (unpaired) electrons. The smallest absolute Gasteiger partial charge is 0.119 e. The zero-order valence-electron chi connectivity index (χ0n) is 11.1. The third kappa shape index (κ3) is 3.33. The number of methoxy groups -OCH3 is 1. The molecule has 1 aromatic carbocycles. The molecule has 0 atom stereocenters. The van der Waals surface area contributed by atoms with Crippen LogP contribution in [-0.4, -0.2) is 27.2 Å². The molecule has 0 fully saturated rings. The Morgan fingerprint density at radius 1 is 1.42 bits per heavy atom. The zero-order valence-corrected chi connectivity index (χ0v) is 12.7. The van der Waals surface area contributed by atoms with Gasteiger partial charge in [-0.2, -0.15) is 0 Å². The van der Waals surface area contributed by atoms with Gasteiger partial charge in [0.2, 0.25) is 0 Å². The first-order chi connectivity index (χ1) is 8.90. The van der Waals surface area contributed by atoms with Crippen molar-refractivity contribution in [2.45, 2.75) is 26.0 Å². The van der Waals surface area contributed by atoms with Gasteiger partial charge in [0.1, 0.15) is 17.0 Å². The number of halogens is 1. The Balaban J connectivity index is 2.24. The molecule has 1 heterocycles. The second kappa shape index (κ2) is 5.30.